The molecule has 1 heterocycles. The van der Waals surface area contributed by atoms with Gasteiger partial charge in [0.1, 0.15) is 0 Å². The third kappa shape index (κ3) is 5.37. The van der Waals surface area contributed by atoms with E-state index in [1.807, 2.05) is 37.3 Å². The summed E-state index contributed by atoms with van der Waals surface area (Å²) in [7, 11) is -3.54. The van der Waals surface area contributed by atoms with E-state index in [1.165, 1.54) is 17.1 Å². The van der Waals surface area contributed by atoms with Crippen LogP contribution in [0.3, 0.4) is 0 Å². The Labute approximate surface area is 174 Å². The van der Waals surface area contributed by atoms with E-state index >= 15 is 0 Å². The molecule has 1 N–H and O–H groups in total. The van der Waals surface area contributed by atoms with E-state index < -0.39 is 10.0 Å². The summed E-state index contributed by atoms with van der Waals surface area (Å²) in [5, 5.41) is 5.05. The molecule has 1 unspecified atom stereocenters. The number of piperidine rings is 1. The van der Waals surface area contributed by atoms with Gasteiger partial charge >= 0.3 is 0 Å². The summed E-state index contributed by atoms with van der Waals surface area (Å²) in [5.74, 6) is -0.0385. The number of carbonyl (C=O) groups excluding carboxylic acids is 1. The molecule has 0 radical (unpaired) electrons. The normalized spacial score (nSPS) is 17.3. The Morgan fingerprint density at radius 2 is 1.79 bits per heavy atom. The van der Waals surface area contributed by atoms with Crippen molar-refractivity contribution in [1.29, 1.82) is 0 Å². The molecule has 1 atom stereocenters. The van der Waals surface area contributed by atoms with Gasteiger partial charge in [0.05, 0.1) is 4.90 Å². The first-order chi connectivity index (χ1) is 13.9. The molecule has 1 saturated heterocycles. The highest BCUT2D eigenvalue weighted by Gasteiger charge is 2.32. The number of unbranched alkanes of at least 4 members (excludes halogenated alkanes) is 2. The van der Waals surface area contributed by atoms with Gasteiger partial charge in [-0.25, -0.2) is 8.42 Å². The van der Waals surface area contributed by atoms with Crippen molar-refractivity contribution >= 4 is 26.7 Å². The maximum absolute atomic E-state index is 13.1. The van der Waals surface area contributed by atoms with Crippen LogP contribution in [0, 0.1) is 5.92 Å². The summed E-state index contributed by atoms with van der Waals surface area (Å²) < 4.78 is 27.6. The fraction of sp³-hybridized carbons (Fsp3) is 0.522. The van der Waals surface area contributed by atoms with Crippen molar-refractivity contribution in [1.82, 2.24) is 9.62 Å². The number of rotatable bonds is 8. The van der Waals surface area contributed by atoms with E-state index in [2.05, 4.69) is 12.2 Å². The smallest absolute Gasteiger partial charge is 0.243 e. The van der Waals surface area contributed by atoms with E-state index in [1.54, 1.807) is 12.1 Å². The second-order valence-electron chi connectivity index (χ2n) is 8.09. The molecule has 0 aromatic heterocycles. The molecule has 0 saturated carbocycles. The highest BCUT2D eigenvalue weighted by atomic mass is 32.2. The van der Waals surface area contributed by atoms with Crippen LogP contribution in [0.2, 0.25) is 0 Å². The van der Waals surface area contributed by atoms with Gasteiger partial charge in [-0.15, -0.1) is 0 Å². The van der Waals surface area contributed by atoms with Gasteiger partial charge in [0, 0.05) is 25.0 Å². The van der Waals surface area contributed by atoms with Gasteiger partial charge in [-0.2, -0.15) is 4.31 Å². The molecule has 29 heavy (non-hydrogen) atoms. The number of hydrogen-bond acceptors (Lipinski definition) is 3. The quantitative estimate of drug-likeness (QED) is 0.652. The minimum atomic E-state index is -3.54. The molecule has 1 aliphatic heterocycles. The minimum absolute atomic E-state index is 0.0664. The van der Waals surface area contributed by atoms with Crippen LogP contribution in [-0.4, -0.2) is 37.8 Å². The lowest BCUT2D eigenvalue weighted by Gasteiger charge is -2.31. The molecule has 1 amide bonds. The van der Waals surface area contributed by atoms with Gasteiger partial charge in [-0.05, 0) is 49.1 Å². The zero-order valence-corrected chi connectivity index (χ0v) is 18.2. The zero-order chi connectivity index (χ0) is 20.9. The van der Waals surface area contributed by atoms with Crippen LogP contribution in [0.15, 0.2) is 47.4 Å². The molecular formula is C23H32N2O3S. The molecule has 158 valence electrons. The molecule has 0 aliphatic carbocycles. The molecule has 2 aromatic carbocycles. The summed E-state index contributed by atoms with van der Waals surface area (Å²) in [4.78, 5) is 12.9. The Bertz CT molecular complexity index is 934. The van der Waals surface area contributed by atoms with Gasteiger partial charge in [0.25, 0.3) is 0 Å². The van der Waals surface area contributed by atoms with E-state index in [0.717, 1.165) is 23.6 Å². The highest BCUT2D eigenvalue weighted by Crippen LogP contribution is 2.26. The van der Waals surface area contributed by atoms with Crippen LogP contribution in [0.4, 0.5) is 0 Å². The average molecular weight is 417 g/mol. The molecule has 1 fully saturated rings. The highest BCUT2D eigenvalue weighted by molar-refractivity contribution is 7.89. The fourth-order valence-corrected chi connectivity index (χ4v) is 5.47. The lowest BCUT2D eigenvalue weighted by molar-refractivity contribution is -0.126. The molecule has 2 aromatic rings. The number of benzene rings is 2. The van der Waals surface area contributed by atoms with Crippen molar-refractivity contribution in [2.24, 2.45) is 5.92 Å². The van der Waals surface area contributed by atoms with Gasteiger partial charge < -0.3 is 5.32 Å². The van der Waals surface area contributed by atoms with Crippen molar-refractivity contribution in [2.75, 3.05) is 13.1 Å². The molecule has 0 bridgehead atoms. The summed E-state index contributed by atoms with van der Waals surface area (Å²) >= 11 is 0. The number of nitrogens with one attached hydrogen (secondary N) is 1. The fourth-order valence-electron chi connectivity index (χ4n) is 3.97. The van der Waals surface area contributed by atoms with Crippen molar-refractivity contribution < 1.29 is 13.2 Å². The van der Waals surface area contributed by atoms with Crippen molar-refractivity contribution in [3.8, 4) is 0 Å². The van der Waals surface area contributed by atoms with Gasteiger partial charge in [0.2, 0.25) is 15.9 Å². The van der Waals surface area contributed by atoms with Gasteiger partial charge in [-0.3, -0.25) is 4.79 Å². The molecule has 5 nitrogen and oxygen atoms in total. The number of amides is 1. The summed E-state index contributed by atoms with van der Waals surface area (Å²) in [6.07, 6.45) is 5.62. The van der Waals surface area contributed by atoms with Gasteiger partial charge in [-0.1, -0.05) is 56.5 Å². The van der Waals surface area contributed by atoms with Crippen LogP contribution in [0.25, 0.3) is 10.8 Å². The number of sulfonamides is 1. The van der Waals surface area contributed by atoms with Gasteiger partial charge in [0.15, 0.2) is 0 Å². The Morgan fingerprint density at radius 3 is 2.48 bits per heavy atom. The van der Waals surface area contributed by atoms with Crippen molar-refractivity contribution in [3.05, 3.63) is 42.5 Å². The lowest BCUT2D eigenvalue weighted by atomic mass is 9.96. The van der Waals surface area contributed by atoms with E-state index in [9.17, 15) is 13.2 Å². The monoisotopic (exact) mass is 416 g/mol. The standard InChI is InChI=1S/C23H32N2O3S/c1-3-4-5-8-18(2)24-23(26)20-13-15-25(16-14-20)29(27,28)22-12-11-19-9-6-7-10-21(19)17-22/h6-7,9-12,17-18,20H,3-5,8,13-16H2,1-2H3,(H,24,26). The number of carbonyl (C=O) groups is 1. The molecule has 3 rings (SSSR count). The van der Waals surface area contributed by atoms with Crippen LogP contribution in [0.5, 0.6) is 0 Å². The predicted octanol–water partition coefficient (Wildman–Crippen LogP) is 4.33. The lowest BCUT2D eigenvalue weighted by Crippen LogP contribution is -2.44. The summed E-state index contributed by atoms with van der Waals surface area (Å²) in [5.41, 5.74) is 0. The number of fused-ring (bicyclic) bond motifs is 1. The first-order valence-corrected chi connectivity index (χ1v) is 12.1. The second kappa shape index (κ2) is 9.72. The SMILES string of the molecule is CCCCCC(C)NC(=O)C1CCN(S(=O)(=O)c2ccc3ccccc3c2)CC1. The Morgan fingerprint density at radius 1 is 1.10 bits per heavy atom. The molecule has 0 spiro atoms. The largest absolute Gasteiger partial charge is 0.353 e. The van der Waals surface area contributed by atoms with Crippen molar-refractivity contribution in [2.45, 2.75) is 63.3 Å². The van der Waals surface area contributed by atoms with Crippen LogP contribution in [-0.2, 0) is 14.8 Å². The average Bonchev–Trinajstić information content (AvgIpc) is 2.73. The van der Waals surface area contributed by atoms with Crippen LogP contribution < -0.4 is 5.32 Å². The van der Waals surface area contributed by atoms with E-state index in [-0.39, 0.29) is 17.9 Å². The molecule has 1 aliphatic rings. The Hall–Kier alpha value is -1.92. The second-order valence-corrected chi connectivity index (χ2v) is 10.0. The first-order valence-electron chi connectivity index (χ1n) is 10.7. The Balaban J connectivity index is 1.58. The minimum Gasteiger partial charge on any atom is -0.353 e. The molecular weight excluding hydrogens is 384 g/mol. The summed E-state index contributed by atoms with van der Waals surface area (Å²) in [6.45, 7) is 4.99. The van der Waals surface area contributed by atoms with Crippen LogP contribution >= 0.6 is 0 Å². The number of hydrogen-bond donors (Lipinski definition) is 1. The van der Waals surface area contributed by atoms with E-state index in [0.29, 0.717) is 30.8 Å². The number of nitrogens with zero attached hydrogens (tertiary/aromatic N) is 1. The van der Waals surface area contributed by atoms with E-state index in [4.69, 9.17) is 0 Å². The summed E-state index contributed by atoms with van der Waals surface area (Å²) in [6, 6.07) is 13.2. The van der Waals surface area contributed by atoms with Crippen LogP contribution in [0.1, 0.15) is 52.4 Å². The van der Waals surface area contributed by atoms with Crippen molar-refractivity contribution in [3.63, 3.8) is 0 Å². The maximum atomic E-state index is 13.1. The third-order valence-corrected chi connectivity index (χ3v) is 7.71. The maximum Gasteiger partial charge on any atom is 0.243 e. The first kappa shape index (κ1) is 21.8. The topological polar surface area (TPSA) is 66.5 Å². The predicted molar refractivity (Wildman–Crippen MR) is 117 cm³/mol. The third-order valence-electron chi connectivity index (χ3n) is 5.81. The molecule has 6 heteroatoms. The zero-order valence-electron chi connectivity index (χ0n) is 17.4. The Kier molecular flexibility index (Phi) is 7.30.